The highest BCUT2D eigenvalue weighted by Gasteiger charge is 2.14. The van der Waals surface area contributed by atoms with Gasteiger partial charge in [0, 0.05) is 30.1 Å². The van der Waals surface area contributed by atoms with Gasteiger partial charge in [0.25, 0.3) is 0 Å². The molecule has 0 atom stereocenters. The summed E-state index contributed by atoms with van der Waals surface area (Å²) in [6.07, 6.45) is 14.7. The number of hydrogen-bond donors (Lipinski definition) is 1. The van der Waals surface area contributed by atoms with Crippen LogP contribution in [-0.2, 0) is 6.42 Å². The SMILES string of the molecule is c1cc(Oc2ccc3nc(CCC4CCCCC4)sc3c2)cc(-c2cn[nH]c2)n1. The van der Waals surface area contributed by atoms with Gasteiger partial charge >= 0.3 is 0 Å². The molecular weight excluding hydrogens is 380 g/mol. The molecule has 5 rings (SSSR count). The van der Waals surface area contributed by atoms with Crippen molar-refractivity contribution in [3.8, 4) is 22.8 Å². The van der Waals surface area contributed by atoms with E-state index in [1.54, 1.807) is 23.7 Å². The Morgan fingerprint density at radius 2 is 1.97 bits per heavy atom. The minimum atomic E-state index is 0.762. The van der Waals surface area contributed by atoms with Crippen molar-refractivity contribution in [2.75, 3.05) is 0 Å². The summed E-state index contributed by atoms with van der Waals surface area (Å²) in [5, 5.41) is 8.04. The zero-order chi connectivity index (χ0) is 19.5. The van der Waals surface area contributed by atoms with E-state index in [-0.39, 0.29) is 0 Å². The zero-order valence-corrected chi connectivity index (χ0v) is 17.1. The molecule has 1 aliphatic rings. The first-order valence-electron chi connectivity index (χ1n) is 10.4. The molecule has 0 spiro atoms. The fourth-order valence-electron chi connectivity index (χ4n) is 4.09. The molecule has 1 saturated carbocycles. The summed E-state index contributed by atoms with van der Waals surface area (Å²) in [7, 11) is 0. The molecular formula is C23H24N4OS. The first-order valence-corrected chi connectivity index (χ1v) is 11.2. The largest absolute Gasteiger partial charge is 0.457 e. The van der Waals surface area contributed by atoms with Gasteiger partial charge in [-0.3, -0.25) is 10.1 Å². The summed E-state index contributed by atoms with van der Waals surface area (Å²) < 4.78 is 7.28. The molecule has 5 nitrogen and oxygen atoms in total. The molecule has 3 heterocycles. The van der Waals surface area contributed by atoms with Gasteiger partial charge in [0.1, 0.15) is 11.5 Å². The number of thiazole rings is 1. The molecule has 0 saturated heterocycles. The highest BCUT2D eigenvalue weighted by atomic mass is 32.1. The highest BCUT2D eigenvalue weighted by Crippen LogP contribution is 2.32. The summed E-state index contributed by atoms with van der Waals surface area (Å²) in [4.78, 5) is 9.22. The number of nitrogens with one attached hydrogen (secondary N) is 1. The number of aromatic amines is 1. The summed E-state index contributed by atoms with van der Waals surface area (Å²) >= 11 is 1.80. The van der Waals surface area contributed by atoms with Gasteiger partial charge in [-0.15, -0.1) is 11.3 Å². The fraction of sp³-hybridized carbons (Fsp3) is 0.348. The van der Waals surface area contributed by atoms with Crippen molar-refractivity contribution in [2.24, 2.45) is 5.92 Å². The zero-order valence-electron chi connectivity index (χ0n) is 16.3. The van der Waals surface area contributed by atoms with E-state index < -0.39 is 0 Å². The summed E-state index contributed by atoms with van der Waals surface area (Å²) in [5.41, 5.74) is 2.84. The van der Waals surface area contributed by atoms with Crippen molar-refractivity contribution in [1.82, 2.24) is 20.2 Å². The topological polar surface area (TPSA) is 63.7 Å². The van der Waals surface area contributed by atoms with Gasteiger partial charge in [0.15, 0.2) is 0 Å². The molecule has 1 fully saturated rings. The Balaban J connectivity index is 1.29. The molecule has 0 unspecified atom stereocenters. The van der Waals surface area contributed by atoms with Crippen LogP contribution in [0.2, 0.25) is 0 Å². The lowest BCUT2D eigenvalue weighted by Crippen LogP contribution is -2.07. The Hall–Kier alpha value is -2.73. The first-order chi connectivity index (χ1) is 14.3. The van der Waals surface area contributed by atoms with E-state index in [2.05, 4.69) is 27.3 Å². The van der Waals surface area contributed by atoms with Crippen molar-refractivity contribution >= 4 is 21.6 Å². The third-order valence-corrected chi connectivity index (χ3v) is 6.73. The van der Waals surface area contributed by atoms with Crippen LogP contribution in [0.5, 0.6) is 11.5 Å². The maximum absolute atomic E-state index is 6.10. The minimum absolute atomic E-state index is 0.762. The van der Waals surface area contributed by atoms with Crippen LogP contribution >= 0.6 is 11.3 Å². The maximum Gasteiger partial charge on any atom is 0.131 e. The molecule has 6 heteroatoms. The fourth-order valence-corrected chi connectivity index (χ4v) is 5.10. The van der Waals surface area contributed by atoms with E-state index in [4.69, 9.17) is 9.72 Å². The molecule has 0 bridgehead atoms. The third-order valence-electron chi connectivity index (χ3n) is 5.66. The number of rotatable bonds is 6. The average molecular weight is 405 g/mol. The van der Waals surface area contributed by atoms with Crippen LogP contribution in [0.4, 0.5) is 0 Å². The molecule has 29 heavy (non-hydrogen) atoms. The normalized spacial score (nSPS) is 15.0. The minimum Gasteiger partial charge on any atom is -0.457 e. The lowest BCUT2D eigenvalue weighted by Gasteiger charge is -2.20. The summed E-state index contributed by atoms with van der Waals surface area (Å²) in [6, 6.07) is 9.94. The van der Waals surface area contributed by atoms with E-state index in [0.29, 0.717) is 0 Å². The molecule has 4 aromatic rings. The summed E-state index contributed by atoms with van der Waals surface area (Å²) in [6.45, 7) is 0. The highest BCUT2D eigenvalue weighted by molar-refractivity contribution is 7.18. The van der Waals surface area contributed by atoms with E-state index in [0.717, 1.165) is 40.6 Å². The molecule has 0 amide bonds. The third kappa shape index (κ3) is 4.32. The van der Waals surface area contributed by atoms with Crippen LogP contribution in [0.1, 0.15) is 43.5 Å². The van der Waals surface area contributed by atoms with Crippen molar-refractivity contribution in [3.05, 3.63) is 53.9 Å². The Morgan fingerprint density at radius 3 is 2.83 bits per heavy atom. The van der Waals surface area contributed by atoms with Crippen LogP contribution in [-0.4, -0.2) is 20.2 Å². The first kappa shape index (κ1) is 18.3. The second-order valence-corrected chi connectivity index (χ2v) is 8.86. The number of aryl methyl sites for hydroxylation is 1. The Labute approximate surface area is 174 Å². The predicted octanol–water partition coefficient (Wildman–Crippen LogP) is 6.39. The Bertz CT molecular complexity index is 1080. The van der Waals surface area contributed by atoms with E-state index in [9.17, 15) is 0 Å². The van der Waals surface area contributed by atoms with Crippen LogP contribution in [0.25, 0.3) is 21.5 Å². The van der Waals surface area contributed by atoms with Crippen molar-refractivity contribution in [3.63, 3.8) is 0 Å². The lowest BCUT2D eigenvalue weighted by atomic mass is 9.86. The van der Waals surface area contributed by atoms with Gasteiger partial charge in [-0.25, -0.2) is 4.98 Å². The van der Waals surface area contributed by atoms with E-state index in [1.807, 2.05) is 24.4 Å². The van der Waals surface area contributed by atoms with Crippen LogP contribution in [0, 0.1) is 5.92 Å². The number of H-pyrrole nitrogens is 1. The van der Waals surface area contributed by atoms with Crippen LogP contribution in [0.3, 0.4) is 0 Å². The Morgan fingerprint density at radius 1 is 1.07 bits per heavy atom. The second kappa shape index (κ2) is 8.33. The standard InChI is InChI=1S/C23H24N4OS/c1-2-4-16(5-3-1)6-9-23-27-20-8-7-18(13-22(20)29-23)28-19-10-11-24-21(12-19)17-14-25-26-15-17/h7-8,10-16H,1-6,9H2,(H,25,26). The number of hydrogen-bond acceptors (Lipinski definition) is 5. The average Bonchev–Trinajstić information content (AvgIpc) is 3.43. The molecule has 1 N–H and O–H groups in total. The van der Waals surface area contributed by atoms with Crippen molar-refractivity contribution in [2.45, 2.75) is 44.9 Å². The quantitative estimate of drug-likeness (QED) is 0.404. The number of fused-ring (bicyclic) bond motifs is 1. The predicted molar refractivity (Wildman–Crippen MR) is 116 cm³/mol. The van der Waals surface area contributed by atoms with Crippen molar-refractivity contribution < 1.29 is 4.74 Å². The molecule has 148 valence electrons. The maximum atomic E-state index is 6.10. The van der Waals surface area contributed by atoms with Gasteiger partial charge in [-0.1, -0.05) is 32.1 Å². The number of benzene rings is 1. The lowest BCUT2D eigenvalue weighted by molar-refractivity contribution is 0.339. The van der Waals surface area contributed by atoms with Crippen molar-refractivity contribution in [1.29, 1.82) is 0 Å². The van der Waals surface area contributed by atoms with E-state index in [1.165, 1.54) is 48.2 Å². The van der Waals surface area contributed by atoms with Gasteiger partial charge in [0.2, 0.25) is 0 Å². The number of ether oxygens (including phenoxy) is 1. The number of pyridine rings is 1. The second-order valence-electron chi connectivity index (χ2n) is 7.75. The molecule has 0 radical (unpaired) electrons. The van der Waals surface area contributed by atoms with Gasteiger partial charge in [-0.05, 0) is 37.0 Å². The molecule has 1 aromatic carbocycles. The summed E-state index contributed by atoms with van der Waals surface area (Å²) in [5.74, 6) is 2.48. The monoisotopic (exact) mass is 404 g/mol. The van der Waals surface area contributed by atoms with Crippen LogP contribution < -0.4 is 4.74 Å². The number of aromatic nitrogens is 4. The van der Waals surface area contributed by atoms with E-state index >= 15 is 0 Å². The van der Waals surface area contributed by atoms with Gasteiger partial charge in [0.05, 0.1) is 27.1 Å². The molecule has 3 aromatic heterocycles. The smallest absolute Gasteiger partial charge is 0.131 e. The Kier molecular flexibility index (Phi) is 5.26. The molecule has 0 aliphatic heterocycles. The van der Waals surface area contributed by atoms with Gasteiger partial charge in [-0.2, -0.15) is 5.10 Å². The van der Waals surface area contributed by atoms with Gasteiger partial charge < -0.3 is 4.74 Å². The number of nitrogens with zero attached hydrogens (tertiary/aromatic N) is 3. The molecule has 1 aliphatic carbocycles. The van der Waals surface area contributed by atoms with Crippen LogP contribution in [0.15, 0.2) is 48.9 Å².